The zero-order chi connectivity index (χ0) is 8.27. The Morgan fingerprint density at radius 1 is 1.73 bits per heavy atom. The second-order valence-corrected chi connectivity index (χ2v) is 2.90. The van der Waals surface area contributed by atoms with E-state index in [4.69, 9.17) is 17.4 Å². The smallest absolute Gasteiger partial charge is 0.238 e. The molecule has 1 aromatic heterocycles. The van der Waals surface area contributed by atoms with Crippen LogP contribution in [0.4, 0.5) is 5.95 Å². The highest BCUT2D eigenvalue weighted by Gasteiger charge is 2.01. The molecule has 11 heavy (non-hydrogen) atoms. The van der Waals surface area contributed by atoms with Crippen LogP contribution in [0.5, 0.6) is 0 Å². The standard InChI is InChI=1S/C5H7ClN4S/c1-11-4-3(6)2-8-5(9-4)10-7/h2H,7H2,1H3,(H,8,9,10). The van der Waals surface area contributed by atoms with Crippen LogP contribution in [0.25, 0.3) is 0 Å². The van der Waals surface area contributed by atoms with Crippen LogP contribution in [-0.2, 0) is 0 Å². The molecule has 0 saturated carbocycles. The van der Waals surface area contributed by atoms with Crippen molar-refractivity contribution in [3.05, 3.63) is 11.2 Å². The Kier molecular flexibility index (Phi) is 2.92. The first-order chi connectivity index (χ1) is 5.27. The van der Waals surface area contributed by atoms with E-state index < -0.39 is 0 Å². The number of hydrogen-bond donors (Lipinski definition) is 2. The lowest BCUT2D eigenvalue weighted by Gasteiger charge is -2.00. The van der Waals surface area contributed by atoms with Crippen LogP contribution in [0.3, 0.4) is 0 Å². The summed E-state index contributed by atoms with van der Waals surface area (Å²) >= 11 is 7.19. The number of thioether (sulfide) groups is 1. The number of nitrogens with two attached hydrogens (primary N) is 1. The summed E-state index contributed by atoms with van der Waals surface area (Å²) in [5, 5.41) is 1.26. The van der Waals surface area contributed by atoms with Gasteiger partial charge in [0.15, 0.2) is 0 Å². The normalized spacial score (nSPS) is 9.73. The third-order valence-corrected chi connectivity index (χ3v) is 2.12. The highest BCUT2D eigenvalue weighted by molar-refractivity contribution is 7.98. The molecule has 0 aliphatic carbocycles. The predicted octanol–water partition coefficient (Wildman–Crippen LogP) is 1.14. The van der Waals surface area contributed by atoms with Crippen LogP contribution in [0, 0.1) is 0 Å². The van der Waals surface area contributed by atoms with Crippen molar-refractivity contribution in [1.82, 2.24) is 9.97 Å². The van der Waals surface area contributed by atoms with Crippen molar-refractivity contribution in [3.63, 3.8) is 0 Å². The van der Waals surface area contributed by atoms with Gasteiger partial charge >= 0.3 is 0 Å². The molecule has 0 aliphatic rings. The van der Waals surface area contributed by atoms with E-state index in [0.29, 0.717) is 11.0 Å². The van der Waals surface area contributed by atoms with E-state index in [9.17, 15) is 0 Å². The van der Waals surface area contributed by atoms with Crippen molar-refractivity contribution in [2.24, 2.45) is 5.84 Å². The summed E-state index contributed by atoms with van der Waals surface area (Å²) in [5.74, 6) is 5.47. The van der Waals surface area contributed by atoms with Crippen molar-refractivity contribution in [3.8, 4) is 0 Å². The third kappa shape index (κ3) is 1.95. The van der Waals surface area contributed by atoms with Gasteiger partial charge in [-0.05, 0) is 6.26 Å². The lowest BCUT2D eigenvalue weighted by atomic mass is 10.7. The van der Waals surface area contributed by atoms with Gasteiger partial charge in [0.05, 0.1) is 11.2 Å². The van der Waals surface area contributed by atoms with Gasteiger partial charge in [-0.15, -0.1) is 11.8 Å². The minimum Gasteiger partial charge on any atom is -0.292 e. The molecule has 0 atom stereocenters. The first kappa shape index (κ1) is 8.58. The van der Waals surface area contributed by atoms with Gasteiger partial charge < -0.3 is 0 Å². The fourth-order valence-electron chi connectivity index (χ4n) is 0.564. The van der Waals surface area contributed by atoms with E-state index in [1.54, 1.807) is 0 Å². The summed E-state index contributed by atoms with van der Waals surface area (Å²) in [6.45, 7) is 0. The average Bonchev–Trinajstić information content (AvgIpc) is 2.05. The Morgan fingerprint density at radius 3 is 3.00 bits per heavy atom. The predicted molar refractivity (Wildman–Crippen MR) is 46.6 cm³/mol. The van der Waals surface area contributed by atoms with Gasteiger partial charge in [-0.25, -0.2) is 15.8 Å². The van der Waals surface area contributed by atoms with Gasteiger partial charge in [0.2, 0.25) is 5.95 Å². The number of hydrazine groups is 1. The molecule has 0 unspecified atom stereocenters. The number of nitrogen functional groups attached to an aromatic ring is 1. The lowest BCUT2D eigenvalue weighted by molar-refractivity contribution is 1.03. The van der Waals surface area contributed by atoms with E-state index in [0.717, 1.165) is 5.03 Å². The summed E-state index contributed by atoms with van der Waals surface area (Å²) in [7, 11) is 0. The molecule has 0 bridgehead atoms. The third-order valence-electron chi connectivity index (χ3n) is 1.03. The molecule has 0 radical (unpaired) electrons. The topological polar surface area (TPSA) is 63.8 Å². The molecular weight excluding hydrogens is 184 g/mol. The Morgan fingerprint density at radius 2 is 2.45 bits per heavy atom. The van der Waals surface area contributed by atoms with Crippen LogP contribution < -0.4 is 11.3 Å². The minimum atomic E-state index is 0.374. The molecular formula is C5H7ClN4S. The average molecular weight is 191 g/mol. The number of aromatic nitrogens is 2. The molecule has 0 spiro atoms. The number of hydrogen-bond acceptors (Lipinski definition) is 5. The highest BCUT2D eigenvalue weighted by Crippen LogP contribution is 2.22. The van der Waals surface area contributed by atoms with Gasteiger partial charge in [-0.1, -0.05) is 11.6 Å². The van der Waals surface area contributed by atoms with Gasteiger partial charge in [0.25, 0.3) is 0 Å². The zero-order valence-electron chi connectivity index (χ0n) is 5.84. The van der Waals surface area contributed by atoms with Crippen LogP contribution in [-0.4, -0.2) is 16.2 Å². The van der Waals surface area contributed by atoms with Crippen LogP contribution in [0.1, 0.15) is 0 Å². The molecule has 1 rings (SSSR count). The fraction of sp³-hybridized carbons (Fsp3) is 0.200. The summed E-state index contributed by atoms with van der Waals surface area (Å²) < 4.78 is 0. The molecule has 60 valence electrons. The quantitative estimate of drug-likeness (QED) is 0.317. The van der Waals surface area contributed by atoms with E-state index in [1.165, 1.54) is 18.0 Å². The molecule has 0 saturated heterocycles. The summed E-state index contributed by atoms with van der Waals surface area (Å²) in [4.78, 5) is 7.81. The lowest BCUT2D eigenvalue weighted by Crippen LogP contribution is -2.10. The monoisotopic (exact) mass is 190 g/mol. The van der Waals surface area contributed by atoms with Gasteiger partial charge in [0.1, 0.15) is 5.03 Å². The van der Waals surface area contributed by atoms with Crippen molar-refractivity contribution >= 4 is 29.3 Å². The van der Waals surface area contributed by atoms with E-state index in [2.05, 4.69) is 15.4 Å². The zero-order valence-corrected chi connectivity index (χ0v) is 7.41. The van der Waals surface area contributed by atoms with Crippen molar-refractivity contribution in [2.75, 3.05) is 11.7 Å². The SMILES string of the molecule is CSc1nc(NN)ncc1Cl. The number of halogens is 1. The van der Waals surface area contributed by atoms with Gasteiger partial charge in [0, 0.05) is 0 Å². The van der Waals surface area contributed by atoms with Crippen LogP contribution >= 0.6 is 23.4 Å². The molecule has 1 aromatic rings. The second kappa shape index (κ2) is 3.75. The molecule has 0 aliphatic heterocycles. The van der Waals surface area contributed by atoms with Crippen molar-refractivity contribution in [2.45, 2.75) is 5.03 Å². The summed E-state index contributed by atoms with van der Waals surface area (Å²) in [6.07, 6.45) is 3.39. The van der Waals surface area contributed by atoms with Crippen molar-refractivity contribution in [1.29, 1.82) is 0 Å². The maximum absolute atomic E-state index is 5.74. The molecule has 6 heteroatoms. The molecule has 0 aromatic carbocycles. The van der Waals surface area contributed by atoms with Crippen LogP contribution in [0.15, 0.2) is 11.2 Å². The van der Waals surface area contributed by atoms with Crippen LogP contribution in [0.2, 0.25) is 5.02 Å². The molecule has 1 heterocycles. The Labute approximate surface area is 73.5 Å². The summed E-state index contributed by atoms with van der Waals surface area (Å²) in [6, 6.07) is 0. The maximum atomic E-state index is 5.74. The Balaban J connectivity index is 3.02. The van der Waals surface area contributed by atoms with E-state index >= 15 is 0 Å². The number of rotatable bonds is 2. The summed E-state index contributed by atoms with van der Waals surface area (Å²) in [5.41, 5.74) is 2.33. The van der Waals surface area contributed by atoms with Gasteiger partial charge in [-0.2, -0.15) is 0 Å². The van der Waals surface area contributed by atoms with Crippen molar-refractivity contribution < 1.29 is 0 Å². The first-order valence-corrected chi connectivity index (χ1v) is 4.41. The molecule has 0 amide bonds. The minimum absolute atomic E-state index is 0.374. The fourth-order valence-corrected chi connectivity index (χ4v) is 1.31. The van der Waals surface area contributed by atoms with E-state index in [-0.39, 0.29) is 0 Å². The second-order valence-electron chi connectivity index (χ2n) is 1.70. The maximum Gasteiger partial charge on any atom is 0.238 e. The molecule has 0 fully saturated rings. The largest absolute Gasteiger partial charge is 0.292 e. The Bertz CT molecular complexity index is 254. The molecule has 4 nitrogen and oxygen atoms in total. The Hall–Kier alpha value is -0.520. The highest BCUT2D eigenvalue weighted by atomic mass is 35.5. The number of nitrogens with one attached hydrogen (secondary N) is 1. The number of nitrogens with zero attached hydrogens (tertiary/aromatic N) is 2. The first-order valence-electron chi connectivity index (χ1n) is 2.81. The van der Waals surface area contributed by atoms with Gasteiger partial charge in [-0.3, -0.25) is 5.43 Å². The van der Waals surface area contributed by atoms with E-state index in [1.807, 2.05) is 6.26 Å². The number of anilines is 1. The molecule has 3 N–H and O–H groups in total.